The zero-order valence-corrected chi connectivity index (χ0v) is 13.6. The van der Waals surface area contributed by atoms with Gasteiger partial charge in [-0.05, 0) is 50.0 Å². The van der Waals surface area contributed by atoms with Crippen molar-refractivity contribution in [3.05, 3.63) is 40.7 Å². The van der Waals surface area contributed by atoms with Crippen molar-refractivity contribution in [2.24, 2.45) is 0 Å². The number of amides is 1. The first kappa shape index (κ1) is 15.9. The maximum atomic E-state index is 13.7. The number of piperidine rings is 1. The van der Waals surface area contributed by atoms with Crippen molar-refractivity contribution in [1.82, 2.24) is 10.3 Å². The number of ether oxygens (including phenoxy) is 1. The molecular weight excluding hydrogens is 317 g/mol. The Balaban J connectivity index is 1.68. The van der Waals surface area contributed by atoms with Crippen molar-refractivity contribution in [3.8, 4) is 5.75 Å². The molecule has 0 radical (unpaired) electrons. The second kappa shape index (κ2) is 7.06. The number of hydrogen-bond acceptors (Lipinski definition) is 5. The molecule has 2 heterocycles. The van der Waals surface area contributed by atoms with Gasteiger partial charge < -0.3 is 10.1 Å². The molecule has 1 aliphatic rings. The lowest BCUT2D eigenvalue weighted by Gasteiger charge is -2.20. The van der Waals surface area contributed by atoms with Gasteiger partial charge in [0.15, 0.2) is 16.7 Å². The number of thiazole rings is 1. The molecule has 2 aromatic rings. The summed E-state index contributed by atoms with van der Waals surface area (Å²) in [7, 11) is 1.38. The second-order valence-corrected chi connectivity index (χ2v) is 6.46. The lowest BCUT2D eigenvalue weighted by atomic mass is 9.97. The minimum atomic E-state index is -0.560. The molecule has 0 unspecified atom stereocenters. The third kappa shape index (κ3) is 3.68. The highest BCUT2D eigenvalue weighted by Gasteiger charge is 2.19. The number of benzene rings is 1. The lowest BCUT2D eigenvalue weighted by Crippen LogP contribution is -2.26. The van der Waals surface area contributed by atoms with Crippen molar-refractivity contribution in [1.29, 1.82) is 0 Å². The van der Waals surface area contributed by atoms with Gasteiger partial charge in [-0.2, -0.15) is 0 Å². The first-order valence-corrected chi connectivity index (χ1v) is 8.30. The van der Waals surface area contributed by atoms with Crippen LogP contribution in [0.5, 0.6) is 5.75 Å². The average Bonchev–Trinajstić information content (AvgIpc) is 3.04. The number of nitrogens with one attached hydrogen (secondary N) is 2. The van der Waals surface area contributed by atoms with Crippen LogP contribution >= 0.6 is 11.3 Å². The Morgan fingerprint density at radius 3 is 2.91 bits per heavy atom. The highest BCUT2D eigenvalue weighted by atomic mass is 32.1. The molecule has 1 aromatic heterocycles. The number of rotatable bonds is 4. The molecule has 5 nitrogen and oxygen atoms in total. The fourth-order valence-corrected chi connectivity index (χ4v) is 3.60. The Bertz CT molecular complexity index is 698. The van der Waals surface area contributed by atoms with Gasteiger partial charge in [-0.3, -0.25) is 10.1 Å². The maximum Gasteiger partial charge on any atom is 0.257 e. The zero-order chi connectivity index (χ0) is 16.2. The molecule has 1 aliphatic heterocycles. The van der Waals surface area contributed by atoms with Crippen LogP contribution in [0.25, 0.3) is 0 Å². The van der Waals surface area contributed by atoms with E-state index in [0.717, 1.165) is 32.0 Å². The number of carbonyl (C=O) groups is 1. The summed E-state index contributed by atoms with van der Waals surface area (Å²) in [5, 5.41) is 6.60. The molecule has 1 saturated heterocycles. The SMILES string of the molecule is COc1ccc(C(=O)Nc2ncc(C3CCNCC3)s2)cc1F. The van der Waals surface area contributed by atoms with Crippen molar-refractivity contribution >= 4 is 22.4 Å². The summed E-state index contributed by atoms with van der Waals surface area (Å²) in [5.74, 6) is -0.325. The smallest absolute Gasteiger partial charge is 0.257 e. The summed E-state index contributed by atoms with van der Waals surface area (Å²) in [6, 6.07) is 4.13. The molecule has 122 valence electrons. The van der Waals surface area contributed by atoms with Crippen molar-refractivity contribution in [3.63, 3.8) is 0 Å². The van der Waals surface area contributed by atoms with E-state index in [2.05, 4.69) is 15.6 Å². The highest BCUT2D eigenvalue weighted by molar-refractivity contribution is 7.15. The summed E-state index contributed by atoms with van der Waals surface area (Å²) in [5.41, 5.74) is 0.238. The number of halogens is 1. The van der Waals surface area contributed by atoms with Crippen LogP contribution in [0.15, 0.2) is 24.4 Å². The van der Waals surface area contributed by atoms with E-state index in [-0.39, 0.29) is 17.2 Å². The van der Waals surface area contributed by atoms with E-state index in [4.69, 9.17) is 4.74 Å². The topological polar surface area (TPSA) is 63.2 Å². The minimum absolute atomic E-state index is 0.115. The summed E-state index contributed by atoms with van der Waals surface area (Å²) in [6.45, 7) is 2.02. The molecule has 0 spiro atoms. The predicted molar refractivity (Wildman–Crippen MR) is 87.9 cm³/mol. The molecule has 7 heteroatoms. The zero-order valence-electron chi connectivity index (χ0n) is 12.8. The van der Waals surface area contributed by atoms with E-state index in [1.54, 1.807) is 0 Å². The van der Waals surface area contributed by atoms with Crippen LogP contribution in [0, 0.1) is 5.82 Å². The first-order chi connectivity index (χ1) is 11.2. The van der Waals surface area contributed by atoms with E-state index in [1.807, 2.05) is 6.20 Å². The Morgan fingerprint density at radius 1 is 1.43 bits per heavy atom. The van der Waals surface area contributed by atoms with Gasteiger partial charge in [-0.1, -0.05) is 0 Å². The Labute approximate surface area is 137 Å². The number of carbonyl (C=O) groups excluding carboxylic acids is 1. The minimum Gasteiger partial charge on any atom is -0.494 e. The number of aromatic nitrogens is 1. The number of hydrogen-bond donors (Lipinski definition) is 2. The van der Waals surface area contributed by atoms with Crippen molar-refractivity contribution in [2.45, 2.75) is 18.8 Å². The molecule has 0 saturated carbocycles. The Hall–Kier alpha value is -1.99. The fraction of sp³-hybridized carbons (Fsp3) is 0.375. The molecule has 2 N–H and O–H groups in total. The van der Waals surface area contributed by atoms with Gasteiger partial charge in [0.05, 0.1) is 7.11 Å². The maximum absolute atomic E-state index is 13.7. The summed E-state index contributed by atoms with van der Waals surface area (Å²) < 4.78 is 18.5. The largest absolute Gasteiger partial charge is 0.494 e. The van der Waals surface area contributed by atoms with Crippen LogP contribution in [0.4, 0.5) is 9.52 Å². The monoisotopic (exact) mass is 335 g/mol. The van der Waals surface area contributed by atoms with Crippen LogP contribution in [0.2, 0.25) is 0 Å². The molecule has 1 amide bonds. The molecule has 0 atom stereocenters. The van der Waals surface area contributed by atoms with Gasteiger partial charge in [0.2, 0.25) is 0 Å². The van der Waals surface area contributed by atoms with Crippen molar-refractivity contribution < 1.29 is 13.9 Å². The van der Waals surface area contributed by atoms with Crippen LogP contribution in [0.3, 0.4) is 0 Å². The van der Waals surface area contributed by atoms with E-state index in [9.17, 15) is 9.18 Å². The van der Waals surface area contributed by atoms with Gasteiger partial charge in [-0.25, -0.2) is 9.37 Å². The van der Waals surface area contributed by atoms with Crippen LogP contribution in [0.1, 0.15) is 34.0 Å². The summed E-state index contributed by atoms with van der Waals surface area (Å²) in [4.78, 5) is 17.6. The first-order valence-electron chi connectivity index (χ1n) is 7.48. The molecular formula is C16H18FN3O2S. The van der Waals surface area contributed by atoms with E-state index in [0.29, 0.717) is 11.0 Å². The Morgan fingerprint density at radius 2 is 2.22 bits per heavy atom. The molecule has 23 heavy (non-hydrogen) atoms. The van der Waals surface area contributed by atoms with Gasteiger partial charge in [0.25, 0.3) is 5.91 Å². The lowest BCUT2D eigenvalue weighted by molar-refractivity contribution is 0.102. The molecule has 3 rings (SSSR count). The molecule has 0 bridgehead atoms. The standard InChI is InChI=1S/C16H18FN3O2S/c1-22-13-3-2-11(8-12(13)17)15(21)20-16-19-9-14(23-16)10-4-6-18-7-5-10/h2-3,8-10,18H,4-7H2,1H3,(H,19,20,21). The summed E-state index contributed by atoms with van der Waals surface area (Å²) in [6.07, 6.45) is 3.99. The molecule has 0 aliphatic carbocycles. The highest BCUT2D eigenvalue weighted by Crippen LogP contribution is 2.31. The van der Waals surface area contributed by atoms with Gasteiger partial charge in [-0.15, -0.1) is 11.3 Å². The number of methoxy groups -OCH3 is 1. The van der Waals surface area contributed by atoms with Crippen LogP contribution < -0.4 is 15.4 Å². The fourth-order valence-electron chi connectivity index (χ4n) is 2.62. The third-order valence-electron chi connectivity index (χ3n) is 3.90. The normalized spacial score (nSPS) is 15.4. The summed E-state index contributed by atoms with van der Waals surface area (Å²) >= 11 is 1.48. The molecule has 1 fully saturated rings. The van der Waals surface area contributed by atoms with E-state index < -0.39 is 5.82 Å². The predicted octanol–water partition coefficient (Wildman–Crippen LogP) is 3.01. The number of nitrogens with zero attached hydrogens (tertiary/aromatic N) is 1. The van der Waals surface area contributed by atoms with Gasteiger partial charge >= 0.3 is 0 Å². The van der Waals surface area contributed by atoms with Crippen molar-refractivity contribution in [2.75, 3.05) is 25.5 Å². The number of anilines is 1. The quantitative estimate of drug-likeness (QED) is 0.901. The Kier molecular flexibility index (Phi) is 4.88. The molecule has 1 aromatic carbocycles. The average molecular weight is 335 g/mol. The van der Waals surface area contributed by atoms with E-state index in [1.165, 1.54) is 35.5 Å². The van der Waals surface area contributed by atoms with Crippen LogP contribution in [-0.2, 0) is 0 Å². The van der Waals surface area contributed by atoms with E-state index >= 15 is 0 Å². The third-order valence-corrected chi connectivity index (χ3v) is 4.97. The van der Waals surface area contributed by atoms with Gasteiger partial charge in [0.1, 0.15) is 0 Å². The van der Waals surface area contributed by atoms with Gasteiger partial charge in [0, 0.05) is 16.6 Å². The second-order valence-electron chi connectivity index (χ2n) is 5.40. The van der Waals surface area contributed by atoms with Crippen LogP contribution in [-0.4, -0.2) is 31.1 Å².